The van der Waals surface area contributed by atoms with E-state index in [0.717, 1.165) is 6.16 Å². The average molecular weight is 414 g/mol. The zero-order valence-electron chi connectivity index (χ0n) is 16.9. The van der Waals surface area contributed by atoms with Crippen LogP contribution >= 0.6 is 15.8 Å². The second-order valence-corrected chi connectivity index (χ2v) is 13.4. The summed E-state index contributed by atoms with van der Waals surface area (Å²) in [6.07, 6.45) is 1.02. The Hall–Kier alpha value is -2.26. The standard InChI is InChI=1S/C27H28P2/c1-23(22-28)29(24-14-6-2-7-15-24,25-16-8-3-9-17-25,26-18-10-4-11-19-26)27-20-12-5-13-21-27/h2-21,23H,22,28H2,1H3. The van der Waals surface area contributed by atoms with Crippen molar-refractivity contribution in [3.05, 3.63) is 121 Å². The van der Waals surface area contributed by atoms with E-state index in [-0.39, 0.29) is 0 Å². The van der Waals surface area contributed by atoms with Crippen LogP contribution in [0.25, 0.3) is 0 Å². The van der Waals surface area contributed by atoms with E-state index in [1.807, 2.05) is 0 Å². The van der Waals surface area contributed by atoms with Crippen molar-refractivity contribution < 1.29 is 0 Å². The van der Waals surface area contributed by atoms with E-state index in [4.69, 9.17) is 0 Å². The van der Waals surface area contributed by atoms with Crippen LogP contribution in [0.3, 0.4) is 0 Å². The minimum absolute atomic E-state index is 0.417. The molecule has 0 aliphatic heterocycles. The summed E-state index contributed by atoms with van der Waals surface area (Å²) in [5.74, 6) is 0. The van der Waals surface area contributed by atoms with Crippen molar-refractivity contribution in [3.63, 3.8) is 0 Å². The van der Waals surface area contributed by atoms with Crippen LogP contribution in [0.2, 0.25) is 0 Å². The van der Waals surface area contributed by atoms with Crippen molar-refractivity contribution >= 4 is 37.1 Å². The molecule has 0 aliphatic rings. The van der Waals surface area contributed by atoms with Crippen molar-refractivity contribution in [1.29, 1.82) is 0 Å². The van der Waals surface area contributed by atoms with E-state index in [1.165, 1.54) is 21.2 Å². The van der Waals surface area contributed by atoms with Crippen LogP contribution in [0.5, 0.6) is 0 Å². The molecule has 4 aromatic carbocycles. The maximum absolute atomic E-state index is 3.04. The predicted octanol–water partition coefficient (Wildman–Crippen LogP) is 5.11. The fourth-order valence-corrected chi connectivity index (χ4v) is 13.8. The number of hydrogen-bond donors (Lipinski definition) is 0. The summed E-state index contributed by atoms with van der Waals surface area (Å²) in [6.45, 7) is -0.565. The molecule has 0 heterocycles. The average Bonchev–Trinajstić information content (AvgIpc) is 2.83. The van der Waals surface area contributed by atoms with Crippen molar-refractivity contribution in [2.24, 2.45) is 0 Å². The molecule has 4 aromatic rings. The molecular formula is C27H28P2. The summed E-state index contributed by atoms with van der Waals surface area (Å²) < 4.78 is 0. The fraction of sp³-hybridized carbons (Fsp3) is 0.111. The molecule has 0 amide bonds. The first-order chi connectivity index (χ1) is 14.2. The van der Waals surface area contributed by atoms with E-state index >= 15 is 0 Å². The minimum atomic E-state index is -3.00. The molecule has 4 rings (SSSR count). The topological polar surface area (TPSA) is 0 Å². The molecule has 2 unspecified atom stereocenters. The monoisotopic (exact) mass is 414 g/mol. The van der Waals surface area contributed by atoms with E-state index in [1.54, 1.807) is 0 Å². The molecule has 0 nitrogen and oxygen atoms in total. The van der Waals surface area contributed by atoms with Gasteiger partial charge in [0, 0.05) is 0 Å². The van der Waals surface area contributed by atoms with Gasteiger partial charge in [-0.25, -0.2) is 0 Å². The van der Waals surface area contributed by atoms with Crippen LogP contribution in [-0.4, -0.2) is 11.8 Å². The second-order valence-electron chi connectivity index (χ2n) is 7.61. The number of hydrogen-bond acceptors (Lipinski definition) is 0. The zero-order valence-corrected chi connectivity index (χ0v) is 18.9. The summed E-state index contributed by atoms with van der Waals surface area (Å²) in [4.78, 5) is 0. The van der Waals surface area contributed by atoms with E-state index in [2.05, 4.69) is 137 Å². The Kier molecular flexibility index (Phi) is 5.69. The Balaban J connectivity index is 2.33. The fourth-order valence-electron chi connectivity index (χ4n) is 5.07. The molecule has 146 valence electrons. The summed E-state index contributed by atoms with van der Waals surface area (Å²) in [6, 6.07) is 44.9. The third-order valence-corrected chi connectivity index (χ3v) is 15.0. The molecule has 0 fully saturated rings. The van der Waals surface area contributed by atoms with Crippen LogP contribution in [0.4, 0.5) is 0 Å². The Morgan fingerprint density at radius 2 is 0.759 bits per heavy atom. The van der Waals surface area contributed by atoms with Gasteiger partial charge in [-0.3, -0.25) is 0 Å². The van der Waals surface area contributed by atoms with Crippen molar-refractivity contribution in [2.45, 2.75) is 12.6 Å². The predicted molar refractivity (Wildman–Crippen MR) is 135 cm³/mol. The van der Waals surface area contributed by atoms with Gasteiger partial charge in [0.05, 0.1) is 0 Å². The normalized spacial score (nSPS) is 13.9. The Morgan fingerprint density at radius 3 is 0.966 bits per heavy atom. The molecule has 0 aliphatic carbocycles. The summed E-state index contributed by atoms with van der Waals surface area (Å²) in [5.41, 5.74) is 0.417. The molecular weight excluding hydrogens is 386 g/mol. The van der Waals surface area contributed by atoms with Gasteiger partial charge in [-0.05, 0) is 0 Å². The van der Waals surface area contributed by atoms with Gasteiger partial charge in [-0.15, -0.1) is 0 Å². The zero-order chi connectivity index (χ0) is 20.2. The summed E-state index contributed by atoms with van der Waals surface area (Å²) in [7, 11) is 3.04. The quantitative estimate of drug-likeness (QED) is 0.385. The van der Waals surface area contributed by atoms with Crippen LogP contribution in [0.1, 0.15) is 6.92 Å². The Labute approximate surface area is 177 Å². The van der Waals surface area contributed by atoms with Crippen molar-refractivity contribution in [1.82, 2.24) is 0 Å². The van der Waals surface area contributed by atoms with Crippen LogP contribution in [0.15, 0.2) is 121 Å². The summed E-state index contributed by atoms with van der Waals surface area (Å²) >= 11 is 0. The molecule has 0 saturated heterocycles. The van der Waals surface area contributed by atoms with Crippen LogP contribution < -0.4 is 21.2 Å². The van der Waals surface area contributed by atoms with E-state index < -0.39 is 6.60 Å². The Bertz CT molecular complexity index is 875. The van der Waals surface area contributed by atoms with Gasteiger partial charge in [0.15, 0.2) is 0 Å². The van der Waals surface area contributed by atoms with Gasteiger partial charge < -0.3 is 0 Å². The van der Waals surface area contributed by atoms with Gasteiger partial charge in [-0.1, -0.05) is 0 Å². The molecule has 0 radical (unpaired) electrons. The first-order valence-electron chi connectivity index (χ1n) is 10.2. The third kappa shape index (κ3) is 2.82. The molecule has 0 N–H and O–H groups in total. The molecule has 2 atom stereocenters. The van der Waals surface area contributed by atoms with Gasteiger partial charge in [0.1, 0.15) is 0 Å². The van der Waals surface area contributed by atoms with Crippen LogP contribution in [-0.2, 0) is 0 Å². The molecule has 0 bridgehead atoms. The maximum atomic E-state index is 3.04. The van der Waals surface area contributed by atoms with Gasteiger partial charge in [0.25, 0.3) is 0 Å². The third-order valence-electron chi connectivity index (χ3n) is 6.39. The molecule has 0 aromatic heterocycles. The van der Waals surface area contributed by atoms with Crippen molar-refractivity contribution in [2.75, 3.05) is 6.16 Å². The van der Waals surface area contributed by atoms with Crippen LogP contribution in [0, 0.1) is 0 Å². The Morgan fingerprint density at radius 1 is 0.517 bits per heavy atom. The second kappa shape index (κ2) is 8.23. The number of benzene rings is 4. The molecule has 0 spiro atoms. The first kappa shape index (κ1) is 20.0. The van der Waals surface area contributed by atoms with Gasteiger partial charge in [-0.2, -0.15) is 0 Å². The summed E-state index contributed by atoms with van der Waals surface area (Å²) in [5, 5.41) is 5.71. The van der Waals surface area contributed by atoms with E-state index in [9.17, 15) is 0 Å². The van der Waals surface area contributed by atoms with Gasteiger partial charge >= 0.3 is 177 Å². The SMILES string of the molecule is CC(CP)P(c1ccccc1)(c1ccccc1)(c1ccccc1)c1ccccc1. The molecule has 2 heteroatoms. The molecule has 29 heavy (non-hydrogen) atoms. The first-order valence-corrected chi connectivity index (χ1v) is 13.3. The molecule has 0 saturated carbocycles. The number of rotatable bonds is 6. The van der Waals surface area contributed by atoms with Crippen molar-refractivity contribution in [3.8, 4) is 0 Å². The van der Waals surface area contributed by atoms with Gasteiger partial charge in [0.2, 0.25) is 0 Å². The van der Waals surface area contributed by atoms with E-state index in [0.29, 0.717) is 5.66 Å².